The molecule has 0 aliphatic rings. The molecular weight excluding hydrogens is 691 g/mol. The van der Waals surface area contributed by atoms with Crippen LogP contribution in [0, 0.1) is 0 Å². The van der Waals surface area contributed by atoms with Crippen molar-refractivity contribution >= 4 is 17.9 Å². The van der Waals surface area contributed by atoms with E-state index in [1.165, 1.54) is 19.3 Å². The fourth-order valence-corrected chi connectivity index (χ4v) is 5.17. The average Bonchev–Trinajstić information content (AvgIpc) is 3.14. The Balaban J connectivity index is 4.57. The maximum Gasteiger partial charge on any atom is 0.306 e. The van der Waals surface area contributed by atoms with Crippen LogP contribution in [0.4, 0.5) is 0 Å². The van der Waals surface area contributed by atoms with E-state index in [2.05, 4.69) is 50.3 Å². The van der Waals surface area contributed by atoms with Crippen LogP contribution >= 0.6 is 0 Å². The summed E-state index contributed by atoms with van der Waals surface area (Å²) in [6.07, 6.45) is 49.8. The van der Waals surface area contributed by atoms with Crippen LogP contribution in [0.15, 0.2) is 109 Å². The molecule has 0 aromatic rings. The van der Waals surface area contributed by atoms with Gasteiger partial charge in [0.1, 0.15) is 12.6 Å². The maximum absolute atomic E-state index is 12.7. The third-order valence-electron chi connectivity index (χ3n) is 8.37. The molecule has 0 fully saturated rings. The van der Waals surface area contributed by atoms with Crippen LogP contribution in [0.5, 0.6) is 0 Å². The predicted octanol–water partition coefficient (Wildman–Crippen LogP) is 9.57. The highest BCUT2D eigenvalue weighted by Crippen LogP contribution is 2.11. The van der Waals surface area contributed by atoms with Gasteiger partial charge in [0.25, 0.3) is 0 Å². The molecule has 55 heavy (non-hydrogen) atoms. The summed E-state index contributed by atoms with van der Waals surface area (Å²) in [7, 11) is 5.35. The highest BCUT2D eigenvalue weighted by Gasteiger charge is 2.25. The Morgan fingerprint density at radius 3 is 1.56 bits per heavy atom. The van der Waals surface area contributed by atoms with Crippen LogP contribution < -0.4 is 5.11 Å². The second kappa shape index (κ2) is 36.9. The summed E-state index contributed by atoms with van der Waals surface area (Å²) < 4.78 is 17.0. The normalized spacial score (nSPS) is 14.1. The molecule has 2 unspecified atom stereocenters. The van der Waals surface area contributed by atoms with Crippen molar-refractivity contribution in [2.75, 3.05) is 41.0 Å². The molecule has 308 valence electrons. The fraction of sp³-hybridized carbons (Fsp3) is 0.553. The molecule has 0 spiro atoms. The lowest BCUT2D eigenvalue weighted by Crippen LogP contribution is -2.55. The Morgan fingerprint density at radius 1 is 0.564 bits per heavy atom. The van der Waals surface area contributed by atoms with E-state index in [4.69, 9.17) is 14.2 Å². The first kappa shape index (κ1) is 51.0. The number of likely N-dealkylation sites (N-methyl/N-ethyl adjacent to an activating group) is 1. The first-order valence-electron chi connectivity index (χ1n) is 20.5. The van der Waals surface area contributed by atoms with E-state index in [1.54, 1.807) is 21.1 Å². The number of carboxylic acids is 1. The zero-order chi connectivity index (χ0) is 40.7. The van der Waals surface area contributed by atoms with Crippen molar-refractivity contribution in [1.29, 1.82) is 0 Å². The summed E-state index contributed by atoms with van der Waals surface area (Å²) in [4.78, 5) is 36.7. The first-order chi connectivity index (χ1) is 26.6. The van der Waals surface area contributed by atoms with Gasteiger partial charge in [-0.15, -0.1) is 0 Å². The monoisotopic (exact) mass is 764 g/mol. The SMILES string of the molecule is CC/C=C/C=C/C=C/C=C/C=C/CCCC(=O)OCC(COCCC(C(=O)[O-])[N+](C)(C)C)OC(=O)CCCCCCC/C=C/C=C/C=C/C=C/CCCCC. The van der Waals surface area contributed by atoms with Crippen molar-refractivity contribution in [1.82, 2.24) is 0 Å². The number of quaternary nitrogens is 1. The summed E-state index contributed by atoms with van der Waals surface area (Å²) in [5, 5.41) is 11.6. The Labute approximate surface area is 334 Å². The second-order valence-electron chi connectivity index (χ2n) is 14.3. The largest absolute Gasteiger partial charge is 0.544 e. The summed E-state index contributed by atoms with van der Waals surface area (Å²) in [6, 6.07) is -0.748. The average molecular weight is 764 g/mol. The number of carbonyl (C=O) groups excluding carboxylic acids is 3. The van der Waals surface area contributed by atoms with Gasteiger partial charge >= 0.3 is 11.9 Å². The lowest BCUT2D eigenvalue weighted by Gasteiger charge is -2.34. The molecule has 0 aliphatic carbocycles. The molecule has 8 heteroatoms. The van der Waals surface area contributed by atoms with Crippen molar-refractivity contribution in [2.45, 2.75) is 129 Å². The van der Waals surface area contributed by atoms with Gasteiger partial charge in [0, 0.05) is 19.3 Å². The lowest BCUT2D eigenvalue weighted by molar-refractivity contribution is -0.889. The molecule has 0 rings (SSSR count). The predicted molar refractivity (Wildman–Crippen MR) is 226 cm³/mol. The number of ether oxygens (including phenoxy) is 3. The van der Waals surface area contributed by atoms with Crippen LogP contribution in [0.25, 0.3) is 0 Å². The van der Waals surface area contributed by atoms with Gasteiger partial charge < -0.3 is 28.6 Å². The van der Waals surface area contributed by atoms with Crippen molar-refractivity contribution < 1.29 is 38.2 Å². The van der Waals surface area contributed by atoms with Gasteiger partial charge in [0.05, 0.1) is 40.3 Å². The molecule has 0 aromatic carbocycles. The fourth-order valence-electron chi connectivity index (χ4n) is 5.17. The Bertz CT molecular complexity index is 1260. The Kier molecular flexibility index (Phi) is 34.2. The molecule has 0 amide bonds. The molecule has 0 aromatic heterocycles. The number of unbranched alkanes of at least 4 members (excludes halogenated alkanes) is 9. The van der Waals surface area contributed by atoms with E-state index < -0.39 is 18.1 Å². The quantitative estimate of drug-likeness (QED) is 0.0279. The molecular formula is C47H73NO7. The van der Waals surface area contributed by atoms with Crippen LogP contribution in [0.3, 0.4) is 0 Å². The van der Waals surface area contributed by atoms with E-state index in [0.717, 1.165) is 51.4 Å². The number of rotatable bonds is 34. The zero-order valence-corrected chi connectivity index (χ0v) is 34.8. The Morgan fingerprint density at radius 2 is 1.04 bits per heavy atom. The third-order valence-corrected chi connectivity index (χ3v) is 8.37. The maximum atomic E-state index is 12.7. The van der Waals surface area contributed by atoms with Crippen molar-refractivity contribution in [3.63, 3.8) is 0 Å². The van der Waals surface area contributed by atoms with Gasteiger partial charge in [-0.05, 0) is 51.4 Å². The molecule has 0 saturated heterocycles. The van der Waals surface area contributed by atoms with E-state index in [9.17, 15) is 19.5 Å². The van der Waals surface area contributed by atoms with Gasteiger partial charge in [-0.3, -0.25) is 9.59 Å². The van der Waals surface area contributed by atoms with Gasteiger partial charge in [-0.1, -0.05) is 155 Å². The minimum atomic E-state index is -1.15. The molecule has 8 nitrogen and oxygen atoms in total. The molecule has 0 bridgehead atoms. The number of esters is 2. The number of carboxylic acid groups (broad SMARTS) is 1. The third kappa shape index (κ3) is 35.4. The summed E-state index contributed by atoms with van der Waals surface area (Å²) >= 11 is 0. The molecule has 0 radical (unpaired) electrons. The number of allylic oxidation sites excluding steroid dienone is 18. The minimum absolute atomic E-state index is 0.000151. The number of nitrogens with zero attached hydrogens (tertiary/aromatic N) is 1. The molecule has 2 atom stereocenters. The standard InChI is InChI=1S/C47H73NO7/c1-6-8-10-12-14-16-18-20-21-22-23-24-26-28-30-32-34-36-38-46(50)55-43(41-53-40-39-44(47(51)52)48(3,4)5)42-54-45(49)37-35-33-31-29-27-25-19-17-15-13-11-9-7-2/h9,11,13-25,27,29,31,43-44H,6-8,10,12,26,28,30,32-42H2,1-5H3/b11-9+,15-13+,16-14+,19-17+,20-18+,22-21+,24-23+,27-25+,31-29+. The molecule has 0 heterocycles. The van der Waals surface area contributed by atoms with Crippen LogP contribution in [-0.4, -0.2) is 75.5 Å². The van der Waals surface area contributed by atoms with Crippen LogP contribution in [0.1, 0.15) is 117 Å². The highest BCUT2D eigenvalue weighted by atomic mass is 16.6. The second-order valence-corrected chi connectivity index (χ2v) is 14.3. The van der Waals surface area contributed by atoms with Gasteiger partial charge in [0.15, 0.2) is 6.10 Å². The summed E-state index contributed by atoms with van der Waals surface area (Å²) in [5.74, 6) is -1.88. The van der Waals surface area contributed by atoms with Gasteiger partial charge in [0.2, 0.25) is 0 Å². The number of aliphatic carboxylic acids is 1. The lowest BCUT2D eigenvalue weighted by atomic mass is 10.1. The molecule has 0 aliphatic heterocycles. The minimum Gasteiger partial charge on any atom is -0.544 e. The smallest absolute Gasteiger partial charge is 0.306 e. The van der Waals surface area contributed by atoms with Crippen molar-refractivity contribution in [3.8, 4) is 0 Å². The number of hydrogen-bond acceptors (Lipinski definition) is 7. The van der Waals surface area contributed by atoms with Gasteiger partial charge in [-0.2, -0.15) is 0 Å². The zero-order valence-electron chi connectivity index (χ0n) is 34.8. The van der Waals surface area contributed by atoms with E-state index in [0.29, 0.717) is 12.8 Å². The van der Waals surface area contributed by atoms with Crippen LogP contribution in [0.2, 0.25) is 0 Å². The van der Waals surface area contributed by atoms with Crippen molar-refractivity contribution in [3.05, 3.63) is 109 Å². The van der Waals surface area contributed by atoms with E-state index >= 15 is 0 Å². The summed E-state index contributed by atoms with van der Waals surface area (Å²) in [6.45, 7) is 4.33. The Hall–Kier alpha value is -4.01. The van der Waals surface area contributed by atoms with E-state index in [-0.39, 0.29) is 55.5 Å². The summed E-state index contributed by atoms with van der Waals surface area (Å²) in [5.41, 5.74) is 0. The van der Waals surface area contributed by atoms with Crippen LogP contribution in [-0.2, 0) is 28.6 Å². The number of hydrogen-bond donors (Lipinski definition) is 0. The first-order valence-corrected chi connectivity index (χ1v) is 20.5. The molecule has 0 N–H and O–H groups in total. The highest BCUT2D eigenvalue weighted by molar-refractivity contribution is 5.70. The number of carbonyl (C=O) groups is 3. The van der Waals surface area contributed by atoms with Crippen molar-refractivity contribution in [2.24, 2.45) is 0 Å². The van der Waals surface area contributed by atoms with E-state index in [1.807, 2.05) is 72.9 Å². The van der Waals surface area contributed by atoms with Gasteiger partial charge in [-0.25, -0.2) is 0 Å². The topological polar surface area (TPSA) is 102 Å². The molecule has 0 saturated carbocycles.